The van der Waals surface area contributed by atoms with Crippen LogP contribution in [0, 0.1) is 17.0 Å². The van der Waals surface area contributed by atoms with Crippen LogP contribution in [0.2, 0.25) is 0 Å². The Hall–Kier alpha value is -2.09. The Morgan fingerprint density at radius 3 is 2.89 bits per heavy atom. The Kier molecular flexibility index (Phi) is 3.47. The molecule has 2 N–H and O–H groups in total. The summed E-state index contributed by atoms with van der Waals surface area (Å²) >= 11 is 1.31. The second-order valence-electron chi connectivity index (χ2n) is 3.50. The molecule has 0 atom stereocenters. The molecule has 0 aromatic carbocycles. The monoisotopic (exact) mass is 266 g/mol. The van der Waals surface area contributed by atoms with Gasteiger partial charge in [-0.1, -0.05) is 11.8 Å². The first-order chi connectivity index (χ1) is 8.54. The lowest BCUT2D eigenvalue weighted by molar-refractivity contribution is -0.402. The average Bonchev–Trinajstić information content (AvgIpc) is 2.73. The molecule has 0 amide bonds. The van der Waals surface area contributed by atoms with E-state index in [2.05, 4.69) is 9.97 Å². The largest absolute Gasteiger partial charge is 0.433 e. The van der Waals surface area contributed by atoms with Crippen LogP contribution >= 0.6 is 11.8 Å². The molecular formula is C10H10N4O3S. The van der Waals surface area contributed by atoms with Crippen molar-refractivity contribution in [2.24, 2.45) is 0 Å². The first kappa shape index (κ1) is 12.4. The van der Waals surface area contributed by atoms with Gasteiger partial charge in [-0.2, -0.15) is 0 Å². The normalized spacial score (nSPS) is 10.5. The summed E-state index contributed by atoms with van der Waals surface area (Å²) < 4.78 is 5.02. The molecule has 2 aromatic heterocycles. The molecule has 0 bridgehead atoms. The van der Waals surface area contributed by atoms with Crippen LogP contribution in [-0.2, 0) is 5.75 Å². The molecule has 0 saturated carbocycles. The van der Waals surface area contributed by atoms with Gasteiger partial charge in [0.15, 0.2) is 5.16 Å². The third-order valence-corrected chi connectivity index (χ3v) is 2.89. The molecule has 7 nitrogen and oxygen atoms in total. The van der Waals surface area contributed by atoms with Gasteiger partial charge in [0.05, 0.1) is 11.8 Å². The van der Waals surface area contributed by atoms with E-state index in [1.54, 1.807) is 12.1 Å². The van der Waals surface area contributed by atoms with Crippen LogP contribution in [-0.4, -0.2) is 14.9 Å². The fraction of sp³-hybridized carbons (Fsp3) is 0.200. The topological polar surface area (TPSA) is 108 Å². The number of anilines is 1. The lowest BCUT2D eigenvalue weighted by Crippen LogP contribution is -1.96. The van der Waals surface area contributed by atoms with Crippen LogP contribution in [0.3, 0.4) is 0 Å². The molecule has 0 aliphatic rings. The van der Waals surface area contributed by atoms with E-state index in [1.165, 1.54) is 17.8 Å². The highest BCUT2D eigenvalue weighted by Crippen LogP contribution is 2.24. The number of nitro groups is 1. The number of rotatable bonds is 4. The van der Waals surface area contributed by atoms with Crippen LogP contribution in [0.4, 0.5) is 11.7 Å². The van der Waals surface area contributed by atoms with Gasteiger partial charge >= 0.3 is 5.88 Å². The Morgan fingerprint density at radius 1 is 1.50 bits per heavy atom. The highest BCUT2D eigenvalue weighted by molar-refractivity contribution is 7.98. The molecule has 8 heteroatoms. The fourth-order valence-corrected chi connectivity index (χ4v) is 2.11. The molecule has 94 valence electrons. The molecule has 0 radical (unpaired) electrons. The minimum atomic E-state index is -0.574. The smallest absolute Gasteiger partial charge is 0.405 e. The zero-order valence-corrected chi connectivity index (χ0v) is 10.3. The van der Waals surface area contributed by atoms with Crippen LogP contribution in [0.5, 0.6) is 0 Å². The zero-order valence-electron chi connectivity index (χ0n) is 9.49. The molecule has 0 unspecified atom stereocenters. The summed E-state index contributed by atoms with van der Waals surface area (Å²) in [5.41, 5.74) is 6.37. The molecule has 0 aliphatic heterocycles. The quantitative estimate of drug-likeness (QED) is 0.391. The summed E-state index contributed by atoms with van der Waals surface area (Å²) in [5, 5.41) is 11.0. The zero-order chi connectivity index (χ0) is 13.1. The van der Waals surface area contributed by atoms with Crippen LogP contribution < -0.4 is 5.73 Å². The Morgan fingerprint density at radius 2 is 2.28 bits per heavy atom. The van der Waals surface area contributed by atoms with Gasteiger partial charge in [0, 0.05) is 11.8 Å². The number of thioether (sulfide) groups is 1. The first-order valence-corrected chi connectivity index (χ1v) is 6.00. The number of hydrogen-bond acceptors (Lipinski definition) is 7. The van der Waals surface area contributed by atoms with Crippen molar-refractivity contribution in [3.05, 3.63) is 39.8 Å². The van der Waals surface area contributed by atoms with E-state index in [9.17, 15) is 10.1 Å². The summed E-state index contributed by atoms with van der Waals surface area (Å²) in [6.45, 7) is 1.82. The number of aryl methyl sites for hydroxylation is 1. The van der Waals surface area contributed by atoms with Crippen molar-refractivity contribution < 1.29 is 9.34 Å². The number of furan rings is 1. The van der Waals surface area contributed by atoms with Crippen molar-refractivity contribution in [1.82, 2.24) is 9.97 Å². The summed E-state index contributed by atoms with van der Waals surface area (Å²) in [7, 11) is 0. The van der Waals surface area contributed by atoms with Gasteiger partial charge in [0.1, 0.15) is 16.5 Å². The lowest BCUT2D eigenvalue weighted by Gasteiger charge is -2.00. The highest BCUT2D eigenvalue weighted by atomic mass is 32.2. The van der Waals surface area contributed by atoms with Crippen LogP contribution in [0.15, 0.2) is 27.8 Å². The number of aromatic nitrogens is 2. The number of hydrogen-bond donors (Lipinski definition) is 1. The third kappa shape index (κ3) is 2.98. The van der Waals surface area contributed by atoms with Gasteiger partial charge in [0.2, 0.25) is 0 Å². The summed E-state index contributed by atoms with van der Waals surface area (Å²) in [6, 6.07) is 4.55. The number of nitrogens with zero attached hydrogens (tertiary/aromatic N) is 3. The van der Waals surface area contributed by atoms with E-state index in [1.807, 2.05) is 6.92 Å². The van der Waals surface area contributed by atoms with Crippen molar-refractivity contribution in [1.29, 1.82) is 0 Å². The van der Waals surface area contributed by atoms with Crippen LogP contribution in [0.1, 0.15) is 11.5 Å². The molecule has 0 spiro atoms. The van der Waals surface area contributed by atoms with Crippen molar-refractivity contribution in [2.45, 2.75) is 17.8 Å². The number of nitrogen functional groups attached to an aromatic ring is 1. The fourth-order valence-electron chi connectivity index (χ4n) is 1.31. The molecule has 0 aliphatic carbocycles. The lowest BCUT2D eigenvalue weighted by atomic mass is 10.4. The average molecular weight is 266 g/mol. The Bertz CT molecular complexity index is 564. The highest BCUT2D eigenvalue weighted by Gasteiger charge is 2.12. The van der Waals surface area contributed by atoms with Crippen molar-refractivity contribution in [3.63, 3.8) is 0 Å². The molecular weight excluding hydrogens is 256 g/mol. The van der Waals surface area contributed by atoms with Gasteiger partial charge in [0.25, 0.3) is 0 Å². The SMILES string of the molecule is Cc1cc(N)nc(SCc2ccc([N+](=O)[O-])o2)n1. The van der Waals surface area contributed by atoms with Crippen molar-refractivity contribution in [2.75, 3.05) is 5.73 Å². The minimum Gasteiger partial charge on any atom is -0.405 e. The molecule has 0 saturated heterocycles. The van der Waals surface area contributed by atoms with E-state index in [0.29, 0.717) is 22.5 Å². The molecule has 2 rings (SSSR count). The Balaban J connectivity index is 2.04. The van der Waals surface area contributed by atoms with E-state index >= 15 is 0 Å². The second kappa shape index (κ2) is 5.05. The molecule has 18 heavy (non-hydrogen) atoms. The summed E-state index contributed by atoms with van der Waals surface area (Å²) in [4.78, 5) is 18.1. The van der Waals surface area contributed by atoms with E-state index < -0.39 is 4.92 Å². The minimum absolute atomic E-state index is 0.268. The molecule has 2 aromatic rings. The predicted molar refractivity (Wildman–Crippen MR) is 66.1 cm³/mol. The van der Waals surface area contributed by atoms with Gasteiger partial charge < -0.3 is 10.2 Å². The second-order valence-corrected chi connectivity index (χ2v) is 4.44. The van der Waals surface area contributed by atoms with Crippen molar-refractivity contribution in [3.8, 4) is 0 Å². The summed E-state index contributed by atoms with van der Waals surface area (Å²) in [5.74, 6) is 1.04. The van der Waals surface area contributed by atoms with Gasteiger partial charge in [-0.25, -0.2) is 9.97 Å². The Labute approximate surface area is 107 Å². The van der Waals surface area contributed by atoms with Gasteiger partial charge in [-0.15, -0.1) is 0 Å². The first-order valence-electron chi connectivity index (χ1n) is 5.01. The van der Waals surface area contributed by atoms with Gasteiger partial charge in [-0.05, 0) is 13.0 Å². The third-order valence-electron chi connectivity index (χ3n) is 2.02. The number of nitrogens with two attached hydrogens (primary N) is 1. The standard InChI is InChI=1S/C10H10N4O3S/c1-6-4-8(11)13-10(12-6)18-5-7-2-3-9(17-7)14(15)16/h2-4H,5H2,1H3,(H2,11,12,13). The van der Waals surface area contributed by atoms with Crippen LogP contribution in [0.25, 0.3) is 0 Å². The van der Waals surface area contributed by atoms with E-state index in [-0.39, 0.29) is 5.88 Å². The maximum Gasteiger partial charge on any atom is 0.433 e. The maximum absolute atomic E-state index is 10.4. The predicted octanol–water partition coefficient (Wildman–Crippen LogP) is 2.16. The van der Waals surface area contributed by atoms with Crippen molar-refractivity contribution >= 4 is 23.5 Å². The van der Waals surface area contributed by atoms with E-state index in [0.717, 1.165) is 5.69 Å². The maximum atomic E-state index is 10.4. The van der Waals surface area contributed by atoms with Gasteiger partial charge in [-0.3, -0.25) is 10.1 Å². The molecule has 0 fully saturated rings. The molecule has 2 heterocycles. The summed E-state index contributed by atoms with van der Waals surface area (Å²) in [6.07, 6.45) is 0. The van der Waals surface area contributed by atoms with E-state index in [4.69, 9.17) is 10.2 Å².